The lowest BCUT2D eigenvalue weighted by Gasteiger charge is -2.26. The van der Waals surface area contributed by atoms with Crippen LogP contribution >= 0.6 is 0 Å². The van der Waals surface area contributed by atoms with E-state index in [1.54, 1.807) is 0 Å². The van der Waals surface area contributed by atoms with Crippen molar-refractivity contribution in [3.05, 3.63) is 126 Å². The maximum Gasteiger partial charge on any atom is 0.0464 e. The van der Waals surface area contributed by atoms with Gasteiger partial charge in [0, 0.05) is 17.1 Å². The zero-order valence-corrected chi connectivity index (χ0v) is 17.5. The molecule has 0 heterocycles. The van der Waals surface area contributed by atoms with E-state index in [-0.39, 0.29) is 0 Å². The van der Waals surface area contributed by atoms with Crippen molar-refractivity contribution >= 4 is 17.1 Å². The number of benzene rings is 3. The standard InChI is InChI=1S/C28H29N/c1-5-22(2)13-12-14-23(3)28-20-19-27(21-24(28)4)29(25-15-8-6-9-16-25)26-17-10-7-11-18-26/h5-21,23H,1H2,2-4H3/b14-12-,22-13+. The van der Waals surface area contributed by atoms with Gasteiger partial charge < -0.3 is 4.90 Å². The Labute approximate surface area is 175 Å². The molecular formula is C28H29N. The van der Waals surface area contributed by atoms with E-state index in [0.717, 1.165) is 11.4 Å². The highest BCUT2D eigenvalue weighted by Crippen LogP contribution is 2.36. The van der Waals surface area contributed by atoms with Crippen LogP contribution in [0.15, 0.2) is 115 Å². The zero-order chi connectivity index (χ0) is 20.6. The smallest absolute Gasteiger partial charge is 0.0464 e. The van der Waals surface area contributed by atoms with Gasteiger partial charge >= 0.3 is 0 Å². The number of para-hydroxylation sites is 2. The monoisotopic (exact) mass is 379 g/mol. The van der Waals surface area contributed by atoms with E-state index >= 15 is 0 Å². The second-order valence-electron chi connectivity index (χ2n) is 7.34. The normalized spacial score (nSPS) is 12.7. The van der Waals surface area contributed by atoms with Crippen LogP contribution in [0.3, 0.4) is 0 Å². The number of allylic oxidation sites excluding steroid dienone is 5. The van der Waals surface area contributed by atoms with Gasteiger partial charge in [-0.1, -0.05) is 85.8 Å². The summed E-state index contributed by atoms with van der Waals surface area (Å²) in [5.41, 5.74) is 7.29. The summed E-state index contributed by atoms with van der Waals surface area (Å²) in [6, 6.07) is 27.8. The van der Waals surface area contributed by atoms with E-state index in [4.69, 9.17) is 0 Å². The van der Waals surface area contributed by atoms with Crippen LogP contribution in [0.1, 0.15) is 30.9 Å². The Bertz CT molecular complexity index is 957. The summed E-state index contributed by atoms with van der Waals surface area (Å²) in [5.74, 6) is 0.347. The summed E-state index contributed by atoms with van der Waals surface area (Å²) in [5, 5.41) is 0. The molecule has 3 aromatic carbocycles. The van der Waals surface area contributed by atoms with Crippen LogP contribution in [0.4, 0.5) is 17.1 Å². The summed E-state index contributed by atoms with van der Waals surface area (Å²) in [4.78, 5) is 2.30. The number of aryl methyl sites for hydroxylation is 1. The molecule has 1 nitrogen and oxygen atoms in total. The average molecular weight is 380 g/mol. The summed E-state index contributed by atoms with van der Waals surface area (Å²) in [6.07, 6.45) is 8.33. The number of rotatable bonds is 7. The van der Waals surface area contributed by atoms with Gasteiger partial charge in [-0.2, -0.15) is 0 Å². The molecule has 3 rings (SSSR count). The van der Waals surface area contributed by atoms with Gasteiger partial charge in [-0.3, -0.25) is 0 Å². The fourth-order valence-electron chi connectivity index (χ4n) is 3.46. The van der Waals surface area contributed by atoms with Gasteiger partial charge in [-0.25, -0.2) is 0 Å². The quantitative estimate of drug-likeness (QED) is 0.373. The predicted octanol–water partition coefficient (Wildman–Crippen LogP) is 8.26. The molecule has 0 saturated carbocycles. The molecule has 0 N–H and O–H groups in total. The highest BCUT2D eigenvalue weighted by molar-refractivity contribution is 5.76. The lowest BCUT2D eigenvalue weighted by atomic mass is 9.95. The van der Waals surface area contributed by atoms with Gasteiger partial charge in [-0.05, 0) is 67.3 Å². The summed E-state index contributed by atoms with van der Waals surface area (Å²) in [7, 11) is 0. The number of anilines is 3. The van der Waals surface area contributed by atoms with Crippen molar-refractivity contribution in [2.24, 2.45) is 0 Å². The van der Waals surface area contributed by atoms with Crippen molar-refractivity contribution in [2.75, 3.05) is 4.90 Å². The molecule has 146 valence electrons. The minimum absolute atomic E-state index is 0.347. The average Bonchev–Trinajstić information content (AvgIpc) is 2.75. The van der Waals surface area contributed by atoms with E-state index in [9.17, 15) is 0 Å². The molecule has 0 amide bonds. The lowest BCUT2D eigenvalue weighted by molar-refractivity contribution is 0.951. The van der Waals surface area contributed by atoms with E-state index < -0.39 is 0 Å². The highest BCUT2D eigenvalue weighted by Gasteiger charge is 2.14. The number of hydrogen-bond acceptors (Lipinski definition) is 1. The first-order valence-electron chi connectivity index (χ1n) is 10.1. The predicted molar refractivity (Wildman–Crippen MR) is 127 cm³/mol. The SMILES string of the molecule is C=C/C(C)=C/C=C\C(C)c1ccc(N(c2ccccc2)c2ccccc2)cc1C. The van der Waals surface area contributed by atoms with Gasteiger partial charge in [0.25, 0.3) is 0 Å². The number of nitrogens with zero attached hydrogens (tertiary/aromatic N) is 1. The molecule has 1 unspecified atom stereocenters. The van der Waals surface area contributed by atoms with Crippen LogP contribution in [0, 0.1) is 6.92 Å². The first kappa shape index (κ1) is 20.4. The van der Waals surface area contributed by atoms with Gasteiger partial charge in [0.15, 0.2) is 0 Å². The van der Waals surface area contributed by atoms with Crippen molar-refractivity contribution in [3.63, 3.8) is 0 Å². The molecule has 0 saturated heterocycles. The largest absolute Gasteiger partial charge is 0.310 e. The second-order valence-corrected chi connectivity index (χ2v) is 7.34. The summed E-state index contributed by atoms with van der Waals surface area (Å²) in [6.45, 7) is 10.3. The molecule has 0 aliphatic heterocycles. The van der Waals surface area contributed by atoms with Crippen LogP contribution in [0.5, 0.6) is 0 Å². The van der Waals surface area contributed by atoms with Gasteiger partial charge in [-0.15, -0.1) is 0 Å². The lowest BCUT2D eigenvalue weighted by Crippen LogP contribution is -2.10. The van der Waals surface area contributed by atoms with Crippen LogP contribution < -0.4 is 4.90 Å². The van der Waals surface area contributed by atoms with Crippen LogP contribution in [-0.4, -0.2) is 0 Å². The first-order chi connectivity index (χ1) is 14.1. The molecular weight excluding hydrogens is 350 g/mol. The first-order valence-corrected chi connectivity index (χ1v) is 10.1. The van der Waals surface area contributed by atoms with Crippen molar-refractivity contribution in [1.29, 1.82) is 0 Å². The van der Waals surface area contributed by atoms with Crippen molar-refractivity contribution in [2.45, 2.75) is 26.7 Å². The van der Waals surface area contributed by atoms with E-state index in [0.29, 0.717) is 5.92 Å². The second kappa shape index (κ2) is 9.75. The Balaban J connectivity index is 1.95. The summed E-state index contributed by atoms with van der Waals surface area (Å²) >= 11 is 0. The van der Waals surface area contributed by atoms with Crippen molar-refractivity contribution in [1.82, 2.24) is 0 Å². The van der Waals surface area contributed by atoms with E-state index in [2.05, 4.69) is 129 Å². The number of hydrogen-bond donors (Lipinski definition) is 0. The van der Waals surface area contributed by atoms with Crippen molar-refractivity contribution in [3.8, 4) is 0 Å². The minimum Gasteiger partial charge on any atom is -0.310 e. The van der Waals surface area contributed by atoms with Gasteiger partial charge in [0.1, 0.15) is 0 Å². The summed E-state index contributed by atoms with van der Waals surface area (Å²) < 4.78 is 0. The Morgan fingerprint density at radius 2 is 1.45 bits per heavy atom. The maximum absolute atomic E-state index is 3.80. The Morgan fingerprint density at radius 3 is 1.97 bits per heavy atom. The third-order valence-corrected chi connectivity index (χ3v) is 5.11. The van der Waals surface area contributed by atoms with E-state index in [1.807, 2.05) is 6.08 Å². The maximum atomic E-state index is 3.80. The third-order valence-electron chi connectivity index (χ3n) is 5.11. The molecule has 0 radical (unpaired) electrons. The molecule has 29 heavy (non-hydrogen) atoms. The van der Waals surface area contributed by atoms with Gasteiger partial charge in [0.05, 0.1) is 0 Å². The van der Waals surface area contributed by atoms with Crippen LogP contribution in [0.2, 0.25) is 0 Å². The third kappa shape index (κ3) is 5.14. The molecule has 1 atom stereocenters. The van der Waals surface area contributed by atoms with Crippen LogP contribution in [-0.2, 0) is 0 Å². The molecule has 0 bridgehead atoms. The molecule has 0 aromatic heterocycles. The topological polar surface area (TPSA) is 3.24 Å². The fourth-order valence-corrected chi connectivity index (χ4v) is 3.46. The van der Waals surface area contributed by atoms with E-state index in [1.165, 1.54) is 22.4 Å². The van der Waals surface area contributed by atoms with Gasteiger partial charge in [0.2, 0.25) is 0 Å². The van der Waals surface area contributed by atoms with Crippen molar-refractivity contribution < 1.29 is 0 Å². The Hall–Kier alpha value is -3.32. The molecule has 3 aromatic rings. The highest BCUT2D eigenvalue weighted by atomic mass is 15.1. The molecule has 0 aliphatic carbocycles. The Morgan fingerprint density at radius 1 is 0.862 bits per heavy atom. The molecule has 0 fully saturated rings. The molecule has 0 aliphatic rings. The minimum atomic E-state index is 0.347. The molecule has 1 heteroatoms. The zero-order valence-electron chi connectivity index (χ0n) is 17.5. The Kier molecular flexibility index (Phi) is 6.86. The van der Waals surface area contributed by atoms with Crippen LogP contribution in [0.25, 0.3) is 0 Å². The molecule has 0 spiro atoms. The fraction of sp³-hybridized carbons (Fsp3) is 0.143.